The number of hydrogen-bond donors (Lipinski definition) is 2. The normalized spacial score (nSPS) is 10.7. The number of nitrogens with zero attached hydrogens (tertiary/aromatic N) is 2. The molecular formula is C23H33IN4O2. The highest BCUT2D eigenvalue weighted by atomic mass is 127. The van der Waals surface area contributed by atoms with Gasteiger partial charge in [-0.1, -0.05) is 48.5 Å². The van der Waals surface area contributed by atoms with Crippen LogP contribution < -0.4 is 15.4 Å². The zero-order valence-corrected chi connectivity index (χ0v) is 20.4. The molecule has 0 unspecified atom stereocenters. The first kappa shape index (κ1) is 25.7. The number of methoxy groups -OCH3 is 1. The van der Waals surface area contributed by atoms with Gasteiger partial charge in [0.1, 0.15) is 12.3 Å². The van der Waals surface area contributed by atoms with Gasteiger partial charge < -0.3 is 20.3 Å². The van der Waals surface area contributed by atoms with Crippen LogP contribution >= 0.6 is 24.0 Å². The number of nitrogens with one attached hydrogen (secondary N) is 2. The number of aliphatic imine (C=N–C) groups is 1. The van der Waals surface area contributed by atoms with Crippen LogP contribution in [-0.2, 0) is 17.8 Å². The minimum absolute atomic E-state index is 0. The summed E-state index contributed by atoms with van der Waals surface area (Å²) in [7, 11) is 1.68. The van der Waals surface area contributed by atoms with Crippen LogP contribution in [0.15, 0.2) is 59.6 Å². The molecule has 0 radical (unpaired) electrons. The van der Waals surface area contributed by atoms with Gasteiger partial charge >= 0.3 is 0 Å². The lowest BCUT2D eigenvalue weighted by Crippen LogP contribution is -2.40. The summed E-state index contributed by atoms with van der Waals surface area (Å²) >= 11 is 0. The van der Waals surface area contributed by atoms with Gasteiger partial charge in [-0.25, -0.2) is 4.99 Å². The minimum atomic E-state index is 0. The van der Waals surface area contributed by atoms with E-state index in [0.29, 0.717) is 25.6 Å². The molecule has 164 valence electrons. The summed E-state index contributed by atoms with van der Waals surface area (Å²) in [5.74, 6) is 1.54. The molecule has 0 aliphatic carbocycles. The van der Waals surface area contributed by atoms with E-state index in [1.807, 2.05) is 67.3 Å². The number of guanidine groups is 1. The fourth-order valence-corrected chi connectivity index (χ4v) is 2.99. The number of hydrogen-bond acceptors (Lipinski definition) is 3. The van der Waals surface area contributed by atoms with Gasteiger partial charge in [-0.2, -0.15) is 0 Å². The van der Waals surface area contributed by atoms with Gasteiger partial charge in [0.25, 0.3) is 0 Å². The summed E-state index contributed by atoms with van der Waals surface area (Å²) in [5, 5.41) is 6.49. The molecule has 2 rings (SSSR count). The van der Waals surface area contributed by atoms with Crippen molar-refractivity contribution in [3.8, 4) is 5.75 Å². The molecule has 0 spiro atoms. The molecule has 0 aliphatic heterocycles. The first-order chi connectivity index (χ1) is 14.2. The summed E-state index contributed by atoms with van der Waals surface area (Å²) in [5.41, 5.74) is 2.25. The van der Waals surface area contributed by atoms with Crippen molar-refractivity contribution < 1.29 is 9.53 Å². The van der Waals surface area contributed by atoms with E-state index in [2.05, 4.69) is 21.7 Å². The highest BCUT2D eigenvalue weighted by Crippen LogP contribution is 2.17. The number of carbonyl (C=O) groups excluding carboxylic acids is 1. The second kappa shape index (κ2) is 14.7. The van der Waals surface area contributed by atoms with E-state index in [-0.39, 0.29) is 36.4 Å². The Balaban J connectivity index is 0.00000450. The number of halogens is 1. The molecule has 7 heteroatoms. The summed E-state index contributed by atoms with van der Waals surface area (Å²) < 4.78 is 5.39. The highest BCUT2D eigenvalue weighted by molar-refractivity contribution is 14.0. The smallest absolute Gasteiger partial charge is 0.244 e. The molecule has 0 saturated heterocycles. The molecule has 1 amide bonds. The van der Waals surface area contributed by atoms with E-state index in [0.717, 1.165) is 29.8 Å². The van der Waals surface area contributed by atoms with Crippen molar-refractivity contribution in [1.82, 2.24) is 15.5 Å². The fraction of sp³-hybridized carbons (Fsp3) is 0.391. The number of amides is 1. The van der Waals surface area contributed by atoms with Gasteiger partial charge in [-0.3, -0.25) is 4.79 Å². The van der Waals surface area contributed by atoms with E-state index in [1.54, 1.807) is 7.11 Å². The molecule has 2 N–H and O–H groups in total. The lowest BCUT2D eigenvalue weighted by atomic mass is 10.1. The van der Waals surface area contributed by atoms with Gasteiger partial charge in [0.2, 0.25) is 5.91 Å². The SMILES string of the molecule is CCNC(=NCC(=O)N(CC)Cc1ccccc1)NCCc1ccccc1OC.I. The van der Waals surface area contributed by atoms with Crippen LogP contribution in [0.25, 0.3) is 0 Å². The van der Waals surface area contributed by atoms with Gasteiger partial charge in [0, 0.05) is 26.2 Å². The van der Waals surface area contributed by atoms with Crippen molar-refractivity contribution in [3.05, 3.63) is 65.7 Å². The molecule has 30 heavy (non-hydrogen) atoms. The van der Waals surface area contributed by atoms with Crippen molar-refractivity contribution in [2.45, 2.75) is 26.8 Å². The average Bonchev–Trinajstić information content (AvgIpc) is 2.76. The van der Waals surface area contributed by atoms with Crippen LogP contribution in [0, 0.1) is 0 Å². The average molecular weight is 524 g/mol. The van der Waals surface area contributed by atoms with Crippen molar-refractivity contribution in [3.63, 3.8) is 0 Å². The molecule has 0 saturated carbocycles. The van der Waals surface area contributed by atoms with Crippen molar-refractivity contribution >= 4 is 35.8 Å². The predicted octanol–water partition coefficient (Wildman–Crippen LogP) is 3.46. The largest absolute Gasteiger partial charge is 0.496 e. The van der Waals surface area contributed by atoms with E-state index < -0.39 is 0 Å². The second-order valence-corrected chi connectivity index (χ2v) is 6.58. The maximum Gasteiger partial charge on any atom is 0.244 e. The number of likely N-dealkylation sites (N-methyl/N-ethyl adjacent to an activating group) is 1. The van der Waals surface area contributed by atoms with Crippen LogP contribution in [0.1, 0.15) is 25.0 Å². The molecule has 0 fully saturated rings. The third-order valence-electron chi connectivity index (χ3n) is 4.55. The predicted molar refractivity (Wildman–Crippen MR) is 134 cm³/mol. The van der Waals surface area contributed by atoms with E-state index in [1.165, 1.54) is 0 Å². The first-order valence-corrected chi connectivity index (χ1v) is 10.1. The second-order valence-electron chi connectivity index (χ2n) is 6.58. The summed E-state index contributed by atoms with van der Waals surface area (Å²) in [6.45, 7) is 6.79. The van der Waals surface area contributed by atoms with Gasteiger partial charge in [0.15, 0.2) is 5.96 Å². The molecule has 0 aliphatic rings. The topological polar surface area (TPSA) is 66.0 Å². The summed E-state index contributed by atoms with van der Waals surface area (Å²) in [6.07, 6.45) is 0.803. The molecule has 2 aromatic rings. The van der Waals surface area contributed by atoms with Gasteiger partial charge in [-0.05, 0) is 37.5 Å². The zero-order valence-electron chi connectivity index (χ0n) is 18.1. The Kier molecular flexibility index (Phi) is 12.6. The molecule has 0 bridgehead atoms. The molecule has 0 atom stereocenters. The Bertz CT molecular complexity index is 784. The molecule has 6 nitrogen and oxygen atoms in total. The Morgan fingerprint density at radius 3 is 2.40 bits per heavy atom. The standard InChI is InChI=1S/C23H32N4O2.HI/c1-4-24-23(25-16-15-20-13-9-10-14-21(20)29-3)26-17-22(28)27(5-2)18-19-11-7-6-8-12-19;/h6-14H,4-5,15-18H2,1-3H3,(H2,24,25,26);1H. The number of ether oxygens (including phenoxy) is 1. The number of carbonyl (C=O) groups is 1. The van der Waals surface area contributed by atoms with E-state index in [9.17, 15) is 4.79 Å². The maximum atomic E-state index is 12.6. The van der Waals surface area contributed by atoms with Crippen LogP contribution in [0.4, 0.5) is 0 Å². The highest BCUT2D eigenvalue weighted by Gasteiger charge is 2.12. The fourth-order valence-electron chi connectivity index (χ4n) is 2.99. The van der Waals surface area contributed by atoms with Gasteiger partial charge in [-0.15, -0.1) is 24.0 Å². The zero-order chi connectivity index (χ0) is 20.9. The van der Waals surface area contributed by atoms with Crippen molar-refractivity contribution in [2.24, 2.45) is 4.99 Å². The number of benzene rings is 2. The number of para-hydroxylation sites is 1. The summed E-state index contributed by atoms with van der Waals surface area (Å²) in [6, 6.07) is 18.0. The Hall–Kier alpha value is -2.29. The number of rotatable bonds is 10. The Morgan fingerprint density at radius 1 is 1.03 bits per heavy atom. The molecule has 2 aromatic carbocycles. The summed E-state index contributed by atoms with van der Waals surface area (Å²) in [4.78, 5) is 18.9. The minimum Gasteiger partial charge on any atom is -0.496 e. The lowest BCUT2D eigenvalue weighted by molar-refractivity contribution is -0.130. The maximum absolute atomic E-state index is 12.6. The lowest BCUT2D eigenvalue weighted by Gasteiger charge is -2.20. The van der Waals surface area contributed by atoms with Crippen LogP contribution in [0.3, 0.4) is 0 Å². The van der Waals surface area contributed by atoms with Crippen LogP contribution in [-0.4, -0.2) is 50.1 Å². The van der Waals surface area contributed by atoms with Crippen molar-refractivity contribution in [2.75, 3.05) is 33.3 Å². The third-order valence-corrected chi connectivity index (χ3v) is 4.55. The molecular weight excluding hydrogens is 491 g/mol. The van der Waals surface area contributed by atoms with E-state index in [4.69, 9.17) is 4.74 Å². The molecule has 0 heterocycles. The van der Waals surface area contributed by atoms with Crippen molar-refractivity contribution in [1.29, 1.82) is 0 Å². The first-order valence-electron chi connectivity index (χ1n) is 10.1. The monoisotopic (exact) mass is 524 g/mol. The van der Waals surface area contributed by atoms with Gasteiger partial charge in [0.05, 0.1) is 7.11 Å². The van der Waals surface area contributed by atoms with Crippen LogP contribution in [0.5, 0.6) is 5.75 Å². The quantitative estimate of drug-likeness (QED) is 0.284. The molecule has 0 aromatic heterocycles. The van der Waals surface area contributed by atoms with E-state index >= 15 is 0 Å². The Labute approximate surface area is 197 Å². The van der Waals surface area contributed by atoms with Crippen LogP contribution in [0.2, 0.25) is 0 Å². The third kappa shape index (κ3) is 8.61. The Morgan fingerprint density at radius 2 is 1.73 bits per heavy atom.